The number of ether oxygens (including phenoxy) is 1. The Hall–Kier alpha value is -1.39. The summed E-state index contributed by atoms with van der Waals surface area (Å²) in [4.78, 5) is 1.14. The fourth-order valence-corrected chi connectivity index (χ4v) is 2.33. The van der Waals surface area contributed by atoms with E-state index < -0.39 is 0 Å². The van der Waals surface area contributed by atoms with Gasteiger partial charge in [0.05, 0.1) is 6.54 Å². The van der Waals surface area contributed by atoms with Crippen molar-refractivity contribution in [1.82, 2.24) is 5.32 Å². The Morgan fingerprint density at radius 2 is 1.90 bits per heavy atom. The van der Waals surface area contributed by atoms with Crippen LogP contribution in [0.2, 0.25) is 0 Å². The van der Waals surface area contributed by atoms with Crippen molar-refractivity contribution in [3.05, 3.63) is 47.9 Å². The van der Waals surface area contributed by atoms with E-state index in [1.807, 2.05) is 36.6 Å². The lowest BCUT2D eigenvalue weighted by Gasteiger charge is -2.08. The summed E-state index contributed by atoms with van der Waals surface area (Å²) in [6.45, 7) is 5.44. The monoisotopic (exact) mass is 291 g/mol. The largest absolute Gasteiger partial charge is 0.484 e. The van der Waals surface area contributed by atoms with Gasteiger partial charge in [-0.3, -0.25) is 0 Å². The van der Waals surface area contributed by atoms with Gasteiger partial charge in [0.25, 0.3) is 0 Å². The van der Waals surface area contributed by atoms with Gasteiger partial charge in [0.15, 0.2) is 0 Å². The number of benzene rings is 1. The molecule has 0 aliphatic heterocycles. The molecule has 108 valence electrons. The lowest BCUT2D eigenvalue weighted by atomic mass is 10.3. The molecule has 1 aromatic heterocycles. The predicted molar refractivity (Wildman–Crippen MR) is 83.2 cm³/mol. The molecule has 0 bridgehead atoms. The highest BCUT2D eigenvalue weighted by Gasteiger charge is 2.06. The van der Waals surface area contributed by atoms with E-state index in [2.05, 4.69) is 25.2 Å². The summed E-state index contributed by atoms with van der Waals surface area (Å²) in [5, 5.41) is 3.33. The maximum Gasteiger partial charge on any atom is 0.146 e. The van der Waals surface area contributed by atoms with Crippen molar-refractivity contribution < 1.29 is 9.15 Å². The zero-order valence-electron chi connectivity index (χ0n) is 12.2. The second kappa shape index (κ2) is 7.41. The number of hydrogen-bond donors (Lipinski definition) is 1. The second-order valence-corrected chi connectivity index (χ2v) is 5.69. The van der Waals surface area contributed by atoms with Gasteiger partial charge < -0.3 is 14.5 Å². The summed E-state index contributed by atoms with van der Waals surface area (Å²) >= 11 is 1.68. The third-order valence-corrected chi connectivity index (χ3v) is 3.62. The third kappa shape index (κ3) is 4.32. The zero-order valence-corrected chi connectivity index (χ0v) is 13.0. The highest BCUT2D eigenvalue weighted by atomic mass is 32.2. The molecule has 0 radical (unpaired) electrons. The van der Waals surface area contributed by atoms with Crippen molar-refractivity contribution in [3.8, 4) is 5.75 Å². The number of furan rings is 1. The molecule has 0 saturated heterocycles. The molecule has 4 heteroatoms. The first-order valence-electron chi connectivity index (χ1n) is 6.76. The average molecular weight is 291 g/mol. The van der Waals surface area contributed by atoms with Crippen molar-refractivity contribution >= 4 is 11.8 Å². The smallest absolute Gasteiger partial charge is 0.146 e. The summed E-state index contributed by atoms with van der Waals surface area (Å²) in [5.74, 6) is 2.69. The van der Waals surface area contributed by atoms with Gasteiger partial charge in [-0.05, 0) is 30.5 Å². The van der Waals surface area contributed by atoms with Gasteiger partial charge in [0, 0.05) is 10.9 Å². The Morgan fingerprint density at radius 3 is 2.65 bits per heavy atom. The summed E-state index contributed by atoms with van der Waals surface area (Å²) in [7, 11) is 0. The van der Waals surface area contributed by atoms with Crippen molar-refractivity contribution in [2.45, 2.75) is 37.9 Å². The molecular weight excluding hydrogens is 270 g/mol. The highest BCUT2D eigenvalue weighted by Crippen LogP contribution is 2.27. The van der Waals surface area contributed by atoms with Crippen LogP contribution in [0.15, 0.2) is 45.7 Å². The number of rotatable bonds is 7. The molecule has 0 fully saturated rings. The van der Waals surface area contributed by atoms with Crippen LogP contribution in [0.3, 0.4) is 0 Å². The lowest BCUT2D eigenvalue weighted by Crippen LogP contribution is -2.21. The first-order valence-corrected chi connectivity index (χ1v) is 7.98. The van der Waals surface area contributed by atoms with Crippen LogP contribution >= 0.6 is 11.8 Å². The van der Waals surface area contributed by atoms with Gasteiger partial charge in [0.2, 0.25) is 0 Å². The van der Waals surface area contributed by atoms with Crippen molar-refractivity contribution in [2.75, 3.05) is 6.26 Å². The van der Waals surface area contributed by atoms with E-state index in [4.69, 9.17) is 9.15 Å². The normalized spacial score (nSPS) is 11.0. The summed E-state index contributed by atoms with van der Waals surface area (Å²) in [5.41, 5.74) is 0. The lowest BCUT2D eigenvalue weighted by molar-refractivity contribution is 0.259. The van der Waals surface area contributed by atoms with E-state index >= 15 is 0 Å². The first kappa shape index (κ1) is 15.0. The van der Waals surface area contributed by atoms with Crippen LogP contribution in [0.4, 0.5) is 0 Å². The second-order valence-electron chi connectivity index (χ2n) is 4.84. The van der Waals surface area contributed by atoms with Gasteiger partial charge in [-0.15, -0.1) is 11.8 Å². The number of thioether (sulfide) groups is 1. The maximum atomic E-state index is 5.82. The summed E-state index contributed by atoms with van der Waals surface area (Å²) in [6.07, 6.45) is 2.05. The SMILES string of the molecule is CSc1ccccc1OCc1ccc(CNC(C)C)o1. The summed E-state index contributed by atoms with van der Waals surface area (Å²) in [6, 6.07) is 12.5. The van der Waals surface area contributed by atoms with Crippen LogP contribution in [0.25, 0.3) is 0 Å². The van der Waals surface area contributed by atoms with Gasteiger partial charge in [-0.2, -0.15) is 0 Å². The Bertz CT molecular complexity index is 537. The van der Waals surface area contributed by atoms with Gasteiger partial charge >= 0.3 is 0 Å². The number of nitrogens with one attached hydrogen (secondary N) is 1. The Labute approximate surface area is 124 Å². The minimum absolute atomic E-state index is 0.452. The highest BCUT2D eigenvalue weighted by molar-refractivity contribution is 7.98. The molecule has 1 aromatic carbocycles. The third-order valence-electron chi connectivity index (χ3n) is 2.84. The molecule has 3 nitrogen and oxygen atoms in total. The number of para-hydroxylation sites is 1. The van der Waals surface area contributed by atoms with Crippen molar-refractivity contribution in [1.29, 1.82) is 0 Å². The van der Waals surface area contributed by atoms with E-state index in [1.165, 1.54) is 0 Å². The molecule has 0 unspecified atom stereocenters. The fraction of sp³-hybridized carbons (Fsp3) is 0.375. The molecule has 20 heavy (non-hydrogen) atoms. The minimum Gasteiger partial charge on any atom is -0.484 e. The van der Waals surface area contributed by atoms with Gasteiger partial charge in [-0.1, -0.05) is 26.0 Å². The van der Waals surface area contributed by atoms with Crippen molar-refractivity contribution in [2.24, 2.45) is 0 Å². The Morgan fingerprint density at radius 1 is 1.15 bits per heavy atom. The molecule has 0 amide bonds. The van der Waals surface area contributed by atoms with Crippen LogP contribution in [-0.4, -0.2) is 12.3 Å². The molecule has 0 atom stereocenters. The van der Waals surface area contributed by atoms with Crippen molar-refractivity contribution in [3.63, 3.8) is 0 Å². The molecule has 2 aromatic rings. The van der Waals surface area contributed by atoms with E-state index in [0.717, 1.165) is 28.7 Å². The van der Waals surface area contributed by atoms with Crippen LogP contribution in [0, 0.1) is 0 Å². The molecule has 0 spiro atoms. The standard InChI is InChI=1S/C16H21NO2S/c1-12(2)17-10-13-8-9-14(19-13)11-18-15-6-4-5-7-16(15)20-3/h4-9,12,17H,10-11H2,1-3H3. The van der Waals surface area contributed by atoms with E-state index in [9.17, 15) is 0 Å². The zero-order chi connectivity index (χ0) is 14.4. The molecular formula is C16H21NO2S. The van der Waals surface area contributed by atoms with E-state index in [-0.39, 0.29) is 0 Å². The molecule has 0 saturated carbocycles. The first-order chi connectivity index (χ1) is 9.69. The van der Waals surface area contributed by atoms with E-state index in [1.54, 1.807) is 11.8 Å². The molecule has 1 N–H and O–H groups in total. The minimum atomic E-state index is 0.452. The fourth-order valence-electron chi connectivity index (χ4n) is 1.79. The molecule has 0 aliphatic rings. The van der Waals surface area contributed by atoms with Crippen LogP contribution in [0.5, 0.6) is 5.75 Å². The maximum absolute atomic E-state index is 5.82. The molecule has 0 aliphatic carbocycles. The van der Waals surface area contributed by atoms with Crippen LogP contribution in [-0.2, 0) is 13.2 Å². The Balaban J connectivity index is 1.91. The van der Waals surface area contributed by atoms with Gasteiger partial charge in [0.1, 0.15) is 23.9 Å². The van der Waals surface area contributed by atoms with E-state index in [0.29, 0.717) is 12.6 Å². The average Bonchev–Trinajstić information content (AvgIpc) is 2.91. The quantitative estimate of drug-likeness (QED) is 0.780. The van der Waals surface area contributed by atoms with Crippen LogP contribution in [0.1, 0.15) is 25.4 Å². The predicted octanol–water partition coefficient (Wildman–Crippen LogP) is 4.08. The van der Waals surface area contributed by atoms with Gasteiger partial charge in [-0.25, -0.2) is 0 Å². The molecule has 1 heterocycles. The van der Waals surface area contributed by atoms with Crippen LogP contribution < -0.4 is 10.1 Å². The summed E-state index contributed by atoms with van der Waals surface area (Å²) < 4.78 is 11.6. The number of hydrogen-bond acceptors (Lipinski definition) is 4. The topological polar surface area (TPSA) is 34.4 Å². The molecule has 2 rings (SSSR count). The Kier molecular flexibility index (Phi) is 5.56.